The third kappa shape index (κ3) is 3.13. The number of benzene rings is 2. The molecule has 2 atom stereocenters. The minimum atomic E-state index is -0.769. The number of rotatable bonds is 2. The topological polar surface area (TPSA) is 23.5 Å². The van der Waals surface area contributed by atoms with Gasteiger partial charge in [-0.25, -0.2) is 0 Å². The van der Waals surface area contributed by atoms with E-state index in [4.69, 9.17) is 0 Å². The molecule has 3 rings (SSSR count). The summed E-state index contributed by atoms with van der Waals surface area (Å²) in [7, 11) is 2.13. The van der Waals surface area contributed by atoms with Crippen molar-refractivity contribution >= 4 is 12.4 Å². The van der Waals surface area contributed by atoms with Crippen LogP contribution in [0.15, 0.2) is 60.7 Å². The van der Waals surface area contributed by atoms with E-state index in [1.54, 1.807) is 0 Å². The summed E-state index contributed by atoms with van der Waals surface area (Å²) in [6.07, 6.45) is 0.771. The maximum atomic E-state index is 11.3. The van der Waals surface area contributed by atoms with Gasteiger partial charge in [0.15, 0.2) is 0 Å². The molecule has 0 aromatic heterocycles. The van der Waals surface area contributed by atoms with Crippen molar-refractivity contribution in [3.8, 4) is 0 Å². The molecule has 0 bridgehead atoms. The summed E-state index contributed by atoms with van der Waals surface area (Å²) in [5.41, 5.74) is 1.47. The Kier molecular flexibility index (Phi) is 5.04. The van der Waals surface area contributed by atoms with Crippen LogP contribution in [0.2, 0.25) is 0 Å². The Hall–Kier alpha value is -1.35. The summed E-state index contributed by atoms with van der Waals surface area (Å²) in [5, 5.41) is 11.3. The summed E-state index contributed by atoms with van der Waals surface area (Å²) in [6, 6.07) is 20.5. The molecule has 21 heavy (non-hydrogen) atoms. The van der Waals surface area contributed by atoms with Crippen molar-refractivity contribution in [3.63, 3.8) is 0 Å². The van der Waals surface area contributed by atoms with Crippen LogP contribution < -0.4 is 0 Å². The van der Waals surface area contributed by atoms with E-state index in [1.807, 2.05) is 36.4 Å². The maximum absolute atomic E-state index is 11.3. The first-order chi connectivity index (χ1) is 9.70. The summed E-state index contributed by atoms with van der Waals surface area (Å²) in [4.78, 5) is 2.30. The molecule has 0 spiro atoms. The number of hydrogen-bond acceptors (Lipinski definition) is 2. The zero-order valence-corrected chi connectivity index (χ0v) is 13.1. The number of hydrogen-bond donors (Lipinski definition) is 1. The lowest BCUT2D eigenvalue weighted by molar-refractivity contribution is -0.0418. The molecule has 1 saturated heterocycles. The fourth-order valence-electron chi connectivity index (χ4n) is 3.23. The molecular formula is C18H22ClNO. The molecule has 1 aliphatic rings. The van der Waals surface area contributed by atoms with Crippen LogP contribution >= 0.6 is 12.4 Å². The first kappa shape index (κ1) is 16.0. The van der Waals surface area contributed by atoms with Gasteiger partial charge in [-0.1, -0.05) is 60.7 Å². The molecule has 112 valence electrons. The van der Waals surface area contributed by atoms with Crippen molar-refractivity contribution in [2.45, 2.75) is 17.9 Å². The fourth-order valence-corrected chi connectivity index (χ4v) is 3.23. The van der Waals surface area contributed by atoms with Crippen molar-refractivity contribution in [3.05, 3.63) is 71.8 Å². The van der Waals surface area contributed by atoms with Gasteiger partial charge in [-0.15, -0.1) is 12.4 Å². The lowest BCUT2D eigenvalue weighted by atomic mass is 9.73. The van der Waals surface area contributed by atoms with Crippen LogP contribution in [0.5, 0.6) is 0 Å². The highest BCUT2D eigenvalue weighted by Crippen LogP contribution is 2.42. The minimum Gasteiger partial charge on any atom is -0.384 e. The van der Waals surface area contributed by atoms with Gasteiger partial charge in [0.2, 0.25) is 0 Å². The zero-order chi connectivity index (χ0) is 14.0. The molecule has 0 saturated carbocycles. The number of halogens is 1. The second-order valence-electron chi connectivity index (χ2n) is 5.77. The average Bonchev–Trinajstić information content (AvgIpc) is 2.51. The lowest BCUT2D eigenvalue weighted by Gasteiger charge is -2.44. The number of aliphatic hydroxyl groups is 1. The largest absolute Gasteiger partial charge is 0.384 e. The Labute approximate surface area is 132 Å². The first-order valence-electron chi connectivity index (χ1n) is 7.21. The van der Waals surface area contributed by atoms with E-state index in [0.717, 1.165) is 25.1 Å². The van der Waals surface area contributed by atoms with E-state index in [2.05, 4.69) is 36.2 Å². The zero-order valence-electron chi connectivity index (χ0n) is 12.3. The molecule has 1 aliphatic heterocycles. The number of piperidine rings is 1. The first-order valence-corrected chi connectivity index (χ1v) is 7.21. The minimum absolute atomic E-state index is 0. The Balaban J connectivity index is 0.00000161. The molecule has 0 amide bonds. The van der Waals surface area contributed by atoms with Gasteiger partial charge in [0.1, 0.15) is 0 Å². The Morgan fingerprint density at radius 3 is 2.19 bits per heavy atom. The second kappa shape index (κ2) is 6.61. The average molecular weight is 304 g/mol. The van der Waals surface area contributed by atoms with Gasteiger partial charge in [0.05, 0.1) is 5.60 Å². The normalized spacial score (nSPS) is 26.1. The molecule has 3 heteroatoms. The highest BCUT2D eigenvalue weighted by atomic mass is 35.5. The second-order valence-corrected chi connectivity index (χ2v) is 5.77. The van der Waals surface area contributed by atoms with E-state index >= 15 is 0 Å². The van der Waals surface area contributed by atoms with Crippen LogP contribution in [-0.2, 0) is 5.60 Å². The van der Waals surface area contributed by atoms with E-state index in [9.17, 15) is 5.11 Å². The summed E-state index contributed by atoms with van der Waals surface area (Å²) in [5.74, 6) is 0.116. The summed E-state index contributed by atoms with van der Waals surface area (Å²) in [6.45, 7) is 1.81. The predicted molar refractivity (Wildman–Crippen MR) is 88.9 cm³/mol. The van der Waals surface area contributed by atoms with Crippen LogP contribution in [0, 0.1) is 0 Å². The lowest BCUT2D eigenvalue weighted by Crippen LogP contribution is -2.47. The van der Waals surface area contributed by atoms with E-state index in [1.165, 1.54) is 5.56 Å². The number of likely N-dealkylation sites (tertiary alicyclic amines) is 1. The number of nitrogens with zero attached hydrogens (tertiary/aromatic N) is 1. The molecule has 0 aliphatic carbocycles. The van der Waals surface area contributed by atoms with Crippen LogP contribution in [0.25, 0.3) is 0 Å². The Morgan fingerprint density at radius 1 is 1.00 bits per heavy atom. The molecule has 1 heterocycles. The molecule has 2 unspecified atom stereocenters. The van der Waals surface area contributed by atoms with Gasteiger partial charge in [-0.05, 0) is 24.6 Å². The monoisotopic (exact) mass is 303 g/mol. The van der Waals surface area contributed by atoms with Crippen LogP contribution in [0.4, 0.5) is 0 Å². The van der Waals surface area contributed by atoms with Crippen LogP contribution in [0.1, 0.15) is 23.5 Å². The molecule has 2 aromatic carbocycles. The smallest absolute Gasteiger partial charge is 0.0989 e. The molecule has 0 radical (unpaired) electrons. The van der Waals surface area contributed by atoms with Crippen LogP contribution in [0.3, 0.4) is 0 Å². The maximum Gasteiger partial charge on any atom is 0.0989 e. The van der Waals surface area contributed by atoms with Gasteiger partial charge < -0.3 is 10.0 Å². The van der Waals surface area contributed by atoms with Gasteiger partial charge in [-0.2, -0.15) is 0 Å². The summed E-state index contributed by atoms with van der Waals surface area (Å²) < 4.78 is 0. The van der Waals surface area contributed by atoms with Crippen molar-refractivity contribution in [2.75, 3.05) is 20.1 Å². The molecule has 2 aromatic rings. The van der Waals surface area contributed by atoms with Gasteiger partial charge in [-0.3, -0.25) is 0 Å². The SMILES string of the molecule is CN1CCC(O)(c2ccccc2)C(c2ccccc2)C1.Cl. The molecule has 1 fully saturated rings. The quantitative estimate of drug-likeness (QED) is 0.919. The third-order valence-corrected chi connectivity index (χ3v) is 4.42. The van der Waals surface area contributed by atoms with Crippen LogP contribution in [-0.4, -0.2) is 30.1 Å². The van der Waals surface area contributed by atoms with E-state index in [-0.39, 0.29) is 18.3 Å². The van der Waals surface area contributed by atoms with Crippen molar-refractivity contribution in [1.29, 1.82) is 0 Å². The third-order valence-electron chi connectivity index (χ3n) is 4.42. The van der Waals surface area contributed by atoms with Crippen molar-refractivity contribution < 1.29 is 5.11 Å². The predicted octanol–water partition coefficient (Wildman–Crippen LogP) is 3.42. The highest BCUT2D eigenvalue weighted by Gasteiger charge is 2.42. The van der Waals surface area contributed by atoms with Gasteiger partial charge in [0, 0.05) is 19.0 Å². The highest BCUT2D eigenvalue weighted by molar-refractivity contribution is 5.85. The van der Waals surface area contributed by atoms with Crippen molar-refractivity contribution in [2.24, 2.45) is 0 Å². The molecule has 2 nitrogen and oxygen atoms in total. The Bertz CT molecular complexity index is 560. The van der Waals surface area contributed by atoms with Gasteiger partial charge in [0.25, 0.3) is 0 Å². The fraction of sp³-hybridized carbons (Fsp3) is 0.333. The Morgan fingerprint density at radius 2 is 1.57 bits per heavy atom. The van der Waals surface area contributed by atoms with Gasteiger partial charge >= 0.3 is 0 Å². The number of likely N-dealkylation sites (N-methyl/N-ethyl adjacent to an activating group) is 1. The van der Waals surface area contributed by atoms with Crippen molar-refractivity contribution in [1.82, 2.24) is 4.90 Å². The van der Waals surface area contributed by atoms with E-state index < -0.39 is 5.60 Å². The molecule has 1 N–H and O–H groups in total. The van der Waals surface area contributed by atoms with E-state index in [0.29, 0.717) is 0 Å². The standard InChI is InChI=1S/C18H21NO.ClH/c1-19-13-12-18(20,16-10-6-3-7-11-16)17(14-19)15-8-4-2-5-9-15;/h2-11,17,20H,12-14H2,1H3;1H. The molecular weight excluding hydrogens is 282 g/mol. The summed E-state index contributed by atoms with van der Waals surface area (Å²) >= 11 is 0.